The van der Waals surface area contributed by atoms with Gasteiger partial charge >= 0.3 is 0 Å². The molecule has 0 spiro atoms. The van der Waals surface area contributed by atoms with E-state index in [1.807, 2.05) is 12.1 Å². The Kier molecular flexibility index (Phi) is 6.44. The van der Waals surface area contributed by atoms with Gasteiger partial charge in [0.25, 0.3) is 0 Å². The number of methoxy groups -OCH3 is 2. The molecule has 3 rings (SSSR count). The van der Waals surface area contributed by atoms with Crippen molar-refractivity contribution in [1.29, 1.82) is 0 Å². The highest BCUT2D eigenvalue weighted by molar-refractivity contribution is 6.42. The van der Waals surface area contributed by atoms with Crippen LogP contribution in [0.5, 0.6) is 11.5 Å². The van der Waals surface area contributed by atoms with Crippen LogP contribution in [-0.2, 0) is 17.8 Å². The Hall–Kier alpha value is -2.70. The molecule has 0 radical (unpaired) electrons. The number of aromatic nitrogens is 2. The largest absolute Gasteiger partial charge is 0.497 e. The maximum Gasteiger partial charge on any atom is 0.230 e. The first-order valence-corrected chi connectivity index (χ1v) is 9.23. The number of amides is 1. The Morgan fingerprint density at radius 3 is 2.68 bits per heavy atom. The van der Waals surface area contributed by atoms with Crippen LogP contribution in [0, 0.1) is 0 Å². The highest BCUT2D eigenvalue weighted by atomic mass is 35.5. The number of hydrogen-bond acceptors (Lipinski definition) is 4. The predicted molar refractivity (Wildman–Crippen MR) is 110 cm³/mol. The Morgan fingerprint density at radius 2 is 1.93 bits per heavy atom. The van der Waals surface area contributed by atoms with Crippen molar-refractivity contribution in [3.8, 4) is 11.5 Å². The summed E-state index contributed by atoms with van der Waals surface area (Å²) in [5.74, 6) is 1.63. The fraction of sp³-hybridized carbons (Fsp3) is 0.200. The minimum atomic E-state index is -0.203. The van der Waals surface area contributed by atoms with E-state index < -0.39 is 0 Å². The first kappa shape index (κ1) is 20.0. The van der Waals surface area contributed by atoms with Gasteiger partial charge in [-0.1, -0.05) is 35.3 Å². The zero-order valence-corrected chi connectivity index (χ0v) is 16.9. The number of anilines is 1. The van der Waals surface area contributed by atoms with Gasteiger partial charge in [-0.05, 0) is 29.8 Å². The molecule has 1 heterocycles. The number of nitrogens with one attached hydrogen (secondary N) is 1. The van der Waals surface area contributed by atoms with E-state index in [4.69, 9.17) is 32.7 Å². The predicted octanol–water partition coefficient (Wildman–Crippen LogP) is 4.44. The molecule has 1 aromatic heterocycles. The van der Waals surface area contributed by atoms with Gasteiger partial charge in [-0.2, -0.15) is 5.10 Å². The lowest BCUT2D eigenvalue weighted by atomic mass is 10.1. The molecule has 2 aromatic carbocycles. The quantitative estimate of drug-likeness (QED) is 0.614. The smallest absolute Gasteiger partial charge is 0.230 e. The number of rotatable bonds is 7. The van der Waals surface area contributed by atoms with Crippen LogP contribution in [0.3, 0.4) is 0 Å². The molecule has 3 aromatic rings. The van der Waals surface area contributed by atoms with E-state index in [9.17, 15) is 4.79 Å². The van der Waals surface area contributed by atoms with Gasteiger partial charge < -0.3 is 14.8 Å². The Bertz CT molecular complexity index is 989. The van der Waals surface area contributed by atoms with E-state index in [0.29, 0.717) is 33.9 Å². The van der Waals surface area contributed by atoms with E-state index in [0.717, 1.165) is 11.1 Å². The molecular formula is C20H19Cl2N3O3. The number of ether oxygens (including phenoxy) is 2. The minimum Gasteiger partial charge on any atom is -0.497 e. The molecule has 146 valence electrons. The van der Waals surface area contributed by atoms with Crippen LogP contribution in [0.4, 0.5) is 5.82 Å². The van der Waals surface area contributed by atoms with E-state index >= 15 is 0 Å². The van der Waals surface area contributed by atoms with Crippen molar-refractivity contribution in [2.24, 2.45) is 0 Å². The standard InChI is InChI=1S/C20H19Cl2N3O3/c1-27-15-6-7-17(28-2)14(10-15)11-19(26)24-18-8-9-23-25(18)12-13-4-3-5-16(21)20(13)22/h3-10H,11-12H2,1-2H3,(H,24,26). The number of benzene rings is 2. The summed E-state index contributed by atoms with van der Waals surface area (Å²) in [6.07, 6.45) is 1.74. The van der Waals surface area contributed by atoms with E-state index in [2.05, 4.69) is 10.4 Å². The van der Waals surface area contributed by atoms with E-state index in [1.54, 1.807) is 55.4 Å². The van der Waals surface area contributed by atoms with Crippen LogP contribution in [0.1, 0.15) is 11.1 Å². The third kappa shape index (κ3) is 4.58. The number of nitrogens with zero attached hydrogens (tertiary/aromatic N) is 2. The second-order valence-electron chi connectivity index (χ2n) is 5.99. The fourth-order valence-corrected chi connectivity index (χ4v) is 3.16. The summed E-state index contributed by atoms with van der Waals surface area (Å²) >= 11 is 12.3. The Balaban J connectivity index is 1.74. The summed E-state index contributed by atoms with van der Waals surface area (Å²) in [4.78, 5) is 12.6. The van der Waals surface area contributed by atoms with Crippen molar-refractivity contribution >= 4 is 34.9 Å². The normalized spacial score (nSPS) is 10.6. The molecule has 6 nitrogen and oxygen atoms in total. The number of halogens is 2. The zero-order chi connectivity index (χ0) is 20.1. The lowest BCUT2D eigenvalue weighted by Gasteiger charge is -2.12. The van der Waals surface area contributed by atoms with Gasteiger partial charge in [-0.25, -0.2) is 4.68 Å². The maximum atomic E-state index is 12.6. The van der Waals surface area contributed by atoms with Crippen molar-refractivity contribution in [1.82, 2.24) is 9.78 Å². The van der Waals surface area contributed by atoms with Crippen molar-refractivity contribution in [3.05, 3.63) is 69.8 Å². The van der Waals surface area contributed by atoms with Crippen LogP contribution >= 0.6 is 23.2 Å². The third-order valence-electron chi connectivity index (χ3n) is 4.17. The van der Waals surface area contributed by atoms with Gasteiger partial charge in [0.05, 0.1) is 43.4 Å². The van der Waals surface area contributed by atoms with Crippen LogP contribution < -0.4 is 14.8 Å². The van der Waals surface area contributed by atoms with Crippen LogP contribution in [-0.4, -0.2) is 29.9 Å². The molecule has 1 N–H and O–H groups in total. The van der Waals surface area contributed by atoms with Crippen molar-refractivity contribution < 1.29 is 14.3 Å². The Morgan fingerprint density at radius 1 is 1.11 bits per heavy atom. The van der Waals surface area contributed by atoms with E-state index in [-0.39, 0.29) is 12.3 Å². The number of carbonyl (C=O) groups is 1. The Labute approximate surface area is 173 Å². The van der Waals surface area contributed by atoms with Gasteiger partial charge in [0.1, 0.15) is 17.3 Å². The number of carbonyl (C=O) groups excluding carboxylic acids is 1. The van der Waals surface area contributed by atoms with Crippen LogP contribution in [0.25, 0.3) is 0 Å². The fourth-order valence-electron chi connectivity index (χ4n) is 2.78. The highest BCUT2D eigenvalue weighted by Gasteiger charge is 2.14. The van der Waals surface area contributed by atoms with Gasteiger partial charge in [-0.3, -0.25) is 4.79 Å². The lowest BCUT2D eigenvalue weighted by molar-refractivity contribution is -0.115. The second kappa shape index (κ2) is 8.99. The summed E-state index contributed by atoms with van der Waals surface area (Å²) in [6, 6.07) is 12.5. The monoisotopic (exact) mass is 419 g/mol. The SMILES string of the molecule is COc1ccc(OC)c(CC(=O)Nc2ccnn2Cc2cccc(Cl)c2Cl)c1. The molecule has 0 saturated heterocycles. The summed E-state index contributed by atoms with van der Waals surface area (Å²) in [5.41, 5.74) is 1.53. The molecule has 0 atom stereocenters. The zero-order valence-electron chi connectivity index (χ0n) is 15.4. The molecule has 0 bridgehead atoms. The average Bonchev–Trinajstić information content (AvgIpc) is 3.11. The summed E-state index contributed by atoms with van der Waals surface area (Å²) in [7, 11) is 3.14. The lowest BCUT2D eigenvalue weighted by Crippen LogP contribution is -2.18. The maximum absolute atomic E-state index is 12.6. The topological polar surface area (TPSA) is 65.4 Å². The molecule has 0 saturated carbocycles. The minimum absolute atomic E-state index is 0.128. The summed E-state index contributed by atoms with van der Waals surface area (Å²) in [6.45, 7) is 0.379. The first-order chi connectivity index (χ1) is 13.5. The highest BCUT2D eigenvalue weighted by Crippen LogP contribution is 2.27. The molecule has 0 aliphatic heterocycles. The first-order valence-electron chi connectivity index (χ1n) is 8.47. The second-order valence-corrected chi connectivity index (χ2v) is 6.77. The summed E-state index contributed by atoms with van der Waals surface area (Å²) < 4.78 is 12.2. The average molecular weight is 420 g/mol. The van der Waals surface area contributed by atoms with Crippen LogP contribution in [0.2, 0.25) is 10.0 Å². The molecule has 0 aliphatic carbocycles. The molecule has 0 fully saturated rings. The number of hydrogen-bond donors (Lipinski definition) is 1. The summed E-state index contributed by atoms with van der Waals surface area (Å²) in [5, 5.41) is 8.07. The van der Waals surface area contributed by atoms with Gasteiger partial charge in [0.2, 0.25) is 5.91 Å². The van der Waals surface area contributed by atoms with Crippen molar-refractivity contribution in [2.45, 2.75) is 13.0 Å². The van der Waals surface area contributed by atoms with Crippen LogP contribution in [0.15, 0.2) is 48.7 Å². The molecular weight excluding hydrogens is 401 g/mol. The van der Waals surface area contributed by atoms with E-state index in [1.165, 1.54) is 0 Å². The molecule has 0 aliphatic rings. The van der Waals surface area contributed by atoms with Crippen molar-refractivity contribution in [2.75, 3.05) is 19.5 Å². The van der Waals surface area contributed by atoms with Gasteiger partial charge in [-0.15, -0.1) is 0 Å². The van der Waals surface area contributed by atoms with Gasteiger partial charge in [0.15, 0.2) is 0 Å². The van der Waals surface area contributed by atoms with Crippen molar-refractivity contribution in [3.63, 3.8) is 0 Å². The molecule has 28 heavy (non-hydrogen) atoms. The third-order valence-corrected chi connectivity index (χ3v) is 5.03. The molecule has 8 heteroatoms. The molecule has 0 unspecified atom stereocenters. The van der Waals surface area contributed by atoms with Gasteiger partial charge in [0, 0.05) is 11.6 Å². The molecule has 1 amide bonds.